The van der Waals surface area contributed by atoms with Crippen LogP contribution in [0.25, 0.3) is 10.9 Å². The monoisotopic (exact) mass is 253 g/mol. The zero-order valence-electron chi connectivity index (χ0n) is 9.93. The quantitative estimate of drug-likeness (QED) is 0.794. The molecule has 0 spiro atoms. The number of aromatic nitrogens is 2. The van der Waals surface area contributed by atoms with E-state index in [1.165, 1.54) is 0 Å². The number of halogens is 1. The second kappa shape index (κ2) is 4.04. The number of rotatable bonds is 1. The molecule has 0 aliphatic rings. The van der Waals surface area contributed by atoms with E-state index >= 15 is 0 Å². The van der Waals surface area contributed by atoms with Gasteiger partial charge in [0.2, 0.25) is 0 Å². The molecule has 5 heteroatoms. The SMILES string of the molecule is CC(C)(C)OC(=O)c1cc2[nH]cc(Cl)c2c[nH+]1. The Morgan fingerprint density at radius 2 is 2.18 bits per heavy atom. The zero-order chi connectivity index (χ0) is 12.6. The number of nitrogens with one attached hydrogen (secondary N) is 2. The van der Waals surface area contributed by atoms with Crippen molar-refractivity contribution < 1.29 is 14.5 Å². The summed E-state index contributed by atoms with van der Waals surface area (Å²) in [6.45, 7) is 5.48. The summed E-state index contributed by atoms with van der Waals surface area (Å²) in [5.74, 6) is -0.384. The molecular weight excluding hydrogens is 240 g/mol. The van der Waals surface area contributed by atoms with Crippen molar-refractivity contribution in [2.45, 2.75) is 26.4 Å². The summed E-state index contributed by atoms with van der Waals surface area (Å²) in [4.78, 5) is 17.7. The summed E-state index contributed by atoms with van der Waals surface area (Å²) >= 11 is 5.94. The van der Waals surface area contributed by atoms with E-state index in [1.807, 2.05) is 20.8 Å². The predicted molar refractivity (Wildman–Crippen MR) is 65.0 cm³/mol. The summed E-state index contributed by atoms with van der Waals surface area (Å²) < 4.78 is 5.26. The van der Waals surface area contributed by atoms with E-state index in [0.717, 1.165) is 10.9 Å². The fourth-order valence-electron chi connectivity index (χ4n) is 1.48. The highest BCUT2D eigenvalue weighted by atomic mass is 35.5. The molecule has 0 bridgehead atoms. The summed E-state index contributed by atoms with van der Waals surface area (Å²) in [6.07, 6.45) is 3.37. The molecule has 0 atom stereocenters. The molecule has 0 fully saturated rings. The lowest BCUT2D eigenvalue weighted by Crippen LogP contribution is -2.28. The maximum Gasteiger partial charge on any atom is 0.404 e. The molecule has 2 aromatic rings. The fourth-order valence-corrected chi connectivity index (χ4v) is 1.69. The molecule has 17 heavy (non-hydrogen) atoms. The van der Waals surface area contributed by atoms with Gasteiger partial charge in [0.05, 0.1) is 15.9 Å². The molecule has 0 saturated carbocycles. The van der Waals surface area contributed by atoms with Crippen LogP contribution in [-0.2, 0) is 4.74 Å². The minimum Gasteiger partial charge on any atom is -0.452 e. The molecule has 0 saturated heterocycles. The van der Waals surface area contributed by atoms with Gasteiger partial charge in [0.15, 0.2) is 6.20 Å². The third-order valence-corrected chi connectivity index (χ3v) is 2.49. The minimum absolute atomic E-state index is 0.384. The Hall–Kier alpha value is -1.55. The van der Waals surface area contributed by atoms with Crippen LogP contribution in [-0.4, -0.2) is 16.6 Å². The van der Waals surface area contributed by atoms with Gasteiger partial charge in [-0.1, -0.05) is 11.6 Å². The van der Waals surface area contributed by atoms with Crippen LogP contribution in [0.1, 0.15) is 31.3 Å². The van der Waals surface area contributed by atoms with Crippen molar-refractivity contribution in [3.63, 3.8) is 0 Å². The van der Waals surface area contributed by atoms with Gasteiger partial charge >= 0.3 is 5.97 Å². The molecule has 4 nitrogen and oxygen atoms in total. The fraction of sp³-hybridized carbons (Fsp3) is 0.333. The Kier molecular flexibility index (Phi) is 2.83. The first-order valence-corrected chi connectivity index (χ1v) is 5.66. The molecule has 0 aliphatic heterocycles. The van der Waals surface area contributed by atoms with E-state index < -0.39 is 5.60 Å². The number of esters is 1. The average molecular weight is 254 g/mol. The zero-order valence-corrected chi connectivity index (χ0v) is 10.7. The van der Waals surface area contributed by atoms with E-state index in [4.69, 9.17) is 16.3 Å². The van der Waals surface area contributed by atoms with Crippen LogP contribution in [0.15, 0.2) is 18.5 Å². The Morgan fingerprint density at radius 1 is 1.47 bits per heavy atom. The number of ether oxygens (including phenoxy) is 1. The van der Waals surface area contributed by atoms with Gasteiger partial charge in [-0.3, -0.25) is 0 Å². The average Bonchev–Trinajstić information content (AvgIpc) is 2.57. The van der Waals surface area contributed by atoms with Gasteiger partial charge in [0.1, 0.15) is 5.60 Å². The smallest absolute Gasteiger partial charge is 0.404 e. The van der Waals surface area contributed by atoms with Crippen LogP contribution in [0.3, 0.4) is 0 Å². The Balaban J connectivity index is 2.33. The summed E-state index contributed by atoms with van der Waals surface area (Å²) in [5, 5.41) is 1.46. The van der Waals surface area contributed by atoms with Gasteiger partial charge in [-0.2, -0.15) is 0 Å². The lowest BCUT2D eigenvalue weighted by Gasteiger charge is -2.17. The maximum atomic E-state index is 11.8. The lowest BCUT2D eigenvalue weighted by molar-refractivity contribution is -0.382. The molecule has 0 amide bonds. The van der Waals surface area contributed by atoms with Crippen molar-refractivity contribution in [3.05, 3.63) is 29.2 Å². The standard InChI is InChI=1S/C12H13ClN2O2/c1-12(2,3)17-11(16)10-4-9-7(5-14-10)8(13)6-15-9/h4-6,15H,1-3H3/p+1. The number of H-pyrrole nitrogens is 2. The normalized spacial score (nSPS) is 11.8. The molecule has 2 N–H and O–H groups in total. The minimum atomic E-state index is -0.507. The maximum absolute atomic E-state index is 11.8. The number of aromatic amines is 2. The Labute approximate surface area is 104 Å². The first-order valence-electron chi connectivity index (χ1n) is 5.28. The molecule has 0 radical (unpaired) electrons. The van der Waals surface area contributed by atoms with Crippen LogP contribution in [0.5, 0.6) is 0 Å². The van der Waals surface area contributed by atoms with Gasteiger partial charge in [-0.25, -0.2) is 9.78 Å². The number of hydrogen-bond acceptors (Lipinski definition) is 2. The van der Waals surface area contributed by atoms with Crippen molar-refractivity contribution in [2.24, 2.45) is 0 Å². The Morgan fingerprint density at radius 3 is 2.82 bits per heavy atom. The van der Waals surface area contributed by atoms with Crippen molar-refractivity contribution in [2.75, 3.05) is 0 Å². The molecular formula is C12H14ClN2O2+. The van der Waals surface area contributed by atoms with Crippen molar-refractivity contribution in [3.8, 4) is 0 Å². The molecule has 2 heterocycles. The number of hydrogen-bond donors (Lipinski definition) is 1. The summed E-state index contributed by atoms with van der Waals surface area (Å²) in [7, 11) is 0. The second-order valence-corrected chi connectivity index (χ2v) is 5.22. The predicted octanol–water partition coefficient (Wildman–Crippen LogP) is 2.59. The number of carbonyl (C=O) groups is 1. The molecule has 0 aromatic carbocycles. The molecule has 2 rings (SSSR count). The van der Waals surface area contributed by atoms with Crippen molar-refractivity contribution in [1.29, 1.82) is 0 Å². The first kappa shape index (κ1) is 11.9. The number of fused-ring (bicyclic) bond motifs is 1. The Bertz CT molecular complexity index is 569. The van der Waals surface area contributed by atoms with Crippen LogP contribution >= 0.6 is 11.6 Å². The third-order valence-electron chi connectivity index (χ3n) is 2.18. The van der Waals surface area contributed by atoms with E-state index in [1.54, 1.807) is 18.5 Å². The number of carbonyl (C=O) groups excluding carboxylic acids is 1. The first-order chi connectivity index (χ1) is 7.87. The topological polar surface area (TPSA) is 56.2 Å². The highest BCUT2D eigenvalue weighted by Crippen LogP contribution is 2.21. The van der Waals surface area contributed by atoms with E-state index in [9.17, 15) is 4.79 Å². The van der Waals surface area contributed by atoms with Crippen LogP contribution in [0.4, 0.5) is 0 Å². The summed E-state index contributed by atoms with van der Waals surface area (Å²) in [5.41, 5.74) is 0.688. The largest absolute Gasteiger partial charge is 0.452 e. The van der Waals surface area contributed by atoms with Gasteiger partial charge in [0, 0.05) is 12.3 Å². The van der Waals surface area contributed by atoms with Gasteiger partial charge in [0.25, 0.3) is 5.69 Å². The van der Waals surface area contributed by atoms with Crippen LogP contribution in [0.2, 0.25) is 5.02 Å². The highest BCUT2D eigenvalue weighted by Gasteiger charge is 2.23. The second-order valence-electron chi connectivity index (χ2n) is 4.81. The van der Waals surface area contributed by atoms with Crippen LogP contribution in [0, 0.1) is 0 Å². The van der Waals surface area contributed by atoms with Crippen molar-refractivity contribution >= 4 is 28.5 Å². The molecule has 90 valence electrons. The van der Waals surface area contributed by atoms with Gasteiger partial charge < -0.3 is 9.72 Å². The lowest BCUT2D eigenvalue weighted by atomic mass is 10.2. The molecule has 0 unspecified atom stereocenters. The van der Waals surface area contributed by atoms with E-state index in [0.29, 0.717) is 10.7 Å². The number of pyridine rings is 1. The van der Waals surface area contributed by atoms with Gasteiger partial charge in [-0.05, 0) is 20.8 Å². The van der Waals surface area contributed by atoms with Gasteiger partial charge in [-0.15, -0.1) is 0 Å². The molecule has 0 aliphatic carbocycles. The molecule has 2 aromatic heterocycles. The van der Waals surface area contributed by atoms with Crippen molar-refractivity contribution in [1.82, 2.24) is 4.98 Å². The summed E-state index contributed by atoms with van der Waals surface area (Å²) in [6, 6.07) is 1.69. The third kappa shape index (κ3) is 2.58. The van der Waals surface area contributed by atoms with E-state index in [2.05, 4.69) is 9.97 Å². The van der Waals surface area contributed by atoms with Crippen LogP contribution < -0.4 is 4.98 Å². The highest BCUT2D eigenvalue weighted by molar-refractivity contribution is 6.35. The van der Waals surface area contributed by atoms with E-state index in [-0.39, 0.29) is 5.97 Å².